The van der Waals surface area contributed by atoms with Gasteiger partial charge in [0, 0.05) is 56.7 Å². The minimum atomic E-state index is -0.273. The van der Waals surface area contributed by atoms with Crippen molar-refractivity contribution in [1.29, 1.82) is 0 Å². The molecule has 2 amide bonds. The fourth-order valence-corrected chi connectivity index (χ4v) is 6.85. The Morgan fingerprint density at radius 2 is 1.94 bits per heavy atom. The van der Waals surface area contributed by atoms with Crippen LogP contribution in [0.25, 0.3) is 0 Å². The van der Waals surface area contributed by atoms with Crippen LogP contribution in [0.1, 0.15) is 87.2 Å². The van der Waals surface area contributed by atoms with Gasteiger partial charge in [0.1, 0.15) is 11.6 Å². The Labute approximate surface area is 213 Å². The fourth-order valence-electron chi connectivity index (χ4n) is 6.85. The first-order valence-electron chi connectivity index (χ1n) is 13.5. The molecule has 2 fully saturated rings. The first kappa shape index (κ1) is 24.9. The topological polar surface area (TPSA) is 70.5 Å². The van der Waals surface area contributed by atoms with Gasteiger partial charge in [0.25, 0.3) is 0 Å². The van der Waals surface area contributed by atoms with Gasteiger partial charge in [-0.05, 0) is 56.7 Å². The maximum Gasteiger partial charge on any atom is 0.222 e. The van der Waals surface area contributed by atoms with E-state index in [1.165, 1.54) is 37.6 Å². The number of fused-ring (bicyclic) bond motifs is 3. The van der Waals surface area contributed by atoms with Crippen LogP contribution in [0.15, 0.2) is 24.3 Å². The highest BCUT2D eigenvalue weighted by atomic mass is 19.1. The van der Waals surface area contributed by atoms with E-state index < -0.39 is 0 Å². The normalized spacial score (nSPS) is 24.4. The molecule has 2 aromatic rings. The van der Waals surface area contributed by atoms with E-state index in [9.17, 15) is 14.0 Å². The van der Waals surface area contributed by atoms with Gasteiger partial charge in [-0.2, -0.15) is 0 Å². The van der Waals surface area contributed by atoms with Gasteiger partial charge in [0.2, 0.25) is 11.8 Å². The monoisotopic (exact) mass is 495 g/mol. The number of amides is 2. The summed E-state index contributed by atoms with van der Waals surface area (Å²) in [5.41, 5.74) is 3.22. The van der Waals surface area contributed by atoms with E-state index in [2.05, 4.69) is 21.7 Å². The Hall–Kier alpha value is -2.74. The Balaban J connectivity index is 1.27. The number of aromatic nitrogens is 2. The average Bonchev–Trinajstić information content (AvgIpc) is 3.30. The van der Waals surface area contributed by atoms with Gasteiger partial charge in [0.05, 0.1) is 18.3 Å². The van der Waals surface area contributed by atoms with Gasteiger partial charge in [-0.3, -0.25) is 14.5 Å². The number of aryl methyl sites for hydroxylation is 1. The molecule has 0 radical (unpaired) electrons. The fraction of sp³-hybridized carbons (Fsp3) is 0.607. The maximum atomic E-state index is 13.9. The second-order valence-corrected chi connectivity index (χ2v) is 10.7. The van der Waals surface area contributed by atoms with Crippen molar-refractivity contribution >= 4 is 11.8 Å². The van der Waals surface area contributed by atoms with Crippen LogP contribution < -0.4 is 5.32 Å². The van der Waals surface area contributed by atoms with E-state index in [-0.39, 0.29) is 23.7 Å². The molecule has 2 bridgehead atoms. The van der Waals surface area contributed by atoms with Crippen molar-refractivity contribution < 1.29 is 14.0 Å². The van der Waals surface area contributed by atoms with Crippen LogP contribution in [0.4, 0.5) is 4.39 Å². The van der Waals surface area contributed by atoms with Gasteiger partial charge in [-0.25, -0.2) is 9.37 Å². The zero-order chi connectivity index (χ0) is 25.4. The molecule has 0 saturated carbocycles. The van der Waals surface area contributed by atoms with E-state index in [1.807, 2.05) is 17.9 Å². The summed E-state index contributed by atoms with van der Waals surface area (Å²) in [4.78, 5) is 33.5. The number of piperidine rings is 1. The molecule has 0 aliphatic carbocycles. The minimum absolute atomic E-state index is 0.0921. The highest BCUT2D eigenvalue weighted by Gasteiger charge is 2.42. The van der Waals surface area contributed by atoms with Crippen LogP contribution in [0.3, 0.4) is 0 Å². The predicted molar refractivity (Wildman–Crippen MR) is 136 cm³/mol. The van der Waals surface area contributed by atoms with Gasteiger partial charge in [-0.1, -0.05) is 19.1 Å². The molecule has 0 unspecified atom stereocenters. The standard InChI is InChI=1S/C28H38FN5O2/c1-4-28(36)32-12-11-27-26(17-32)30-18(2)34(27)24-15-22-8-9-23(16-24)33(22)13-10-25(31-19(3)35)20-6-5-7-21(29)14-20/h5-7,14,22-25H,4,8-13,15-17H2,1-3H3,(H,31,35)/t22-,23+,24+,25-/m0/s1. The van der Waals surface area contributed by atoms with Crippen LogP contribution in [-0.2, 0) is 22.6 Å². The summed E-state index contributed by atoms with van der Waals surface area (Å²) in [6.07, 6.45) is 6.77. The molecule has 194 valence electrons. The Bertz CT molecular complexity index is 1120. The number of halogens is 1. The van der Waals surface area contributed by atoms with Crippen molar-refractivity contribution in [1.82, 2.24) is 24.7 Å². The first-order valence-corrected chi connectivity index (χ1v) is 13.5. The number of carbonyl (C=O) groups is 2. The summed E-state index contributed by atoms with van der Waals surface area (Å²) in [7, 11) is 0. The van der Waals surface area contributed by atoms with Gasteiger partial charge < -0.3 is 14.8 Å². The number of benzene rings is 1. The molecule has 4 atom stereocenters. The Morgan fingerprint density at radius 1 is 1.19 bits per heavy atom. The maximum absolute atomic E-state index is 13.9. The van der Waals surface area contributed by atoms with Gasteiger partial charge in [-0.15, -0.1) is 0 Å². The molecule has 8 heteroatoms. The Kier molecular flexibility index (Phi) is 7.15. The summed E-state index contributed by atoms with van der Waals surface area (Å²) < 4.78 is 16.3. The quantitative estimate of drug-likeness (QED) is 0.629. The minimum Gasteiger partial charge on any atom is -0.349 e. The molecule has 5 rings (SSSR count). The van der Waals surface area contributed by atoms with Crippen LogP contribution >= 0.6 is 0 Å². The number of imidazole rings is 1. The zero-order valence-electron chi connectivity index (χ0n) is 21.7. The smallest absolute Gasteiger partial charge is 0.222 e. The van der Waals surface area contributed by atoms with Crippen molar-refractivity contribution in [2.45, 2.75) is 96.4 Å². The van der Waals surface area contributed by atoms with Crippen molar-refractivity contribution in [3.05, 3.63) is 52.9 Å². The van der Waals surface area contributed by atoms with Gasteiger partial charge in [0.15, 0.2) is 0 Å². The number of hydrogen-bond donors (Lipinski definition) is 1. The van der Waals surface area contributed by atoms with Crippen LogP contribution in [-0.4, -0.2) is 56.3 Å². The molecule has 1 aromatic carbocycles. The summed E-state index contributed by atoms with van der Waals surface area (Å²) in [5.74, 6) is 0.908. The van der Waals surface area contributed by atoms with Crippen LogP contribution in [0, 0.1) is 12.7 Å². The summed E-state index contributed by atoms with van der Waals surface area (Å²) in [5, 5.41) is 3.03. The number of nitrogens with one attached hydrogen (secondary N) is 1. The first-order chi connectivity index (χ1) is 17.3. The van der Waals surface area contributed by atoms with Crippen LogP contribution in [0.2, 0.25) is 0 Å². The molecule has 4 heterocycles. The molecular weight excluding hydrogens is 457 g/mol. The SMILES string of the molecule is CCC(=O)N1CCc2c(nc(C)n2[C@H]2C[C@H]3CC[C@@H](C2)N3CC[C@H](NC(C)=O)c2cccc(F)c2)C1. The largest absolute Gasteiger partial charge is 0.349 e. The van der Waals surface area contributed by atoms with E-state index >= 15 is 0 Å². The van der Waals surface area contributed by atoms with E-state index in [4.69, 9.17) is 4.98 Å². The highest BCUT2D eigenvalue weighted by molar-refractivity contribution is 5.76. The molecule has 3 aliphatic heterocycles. The van der Waals surface area contributed by atoms with Crippen molar-refractivity contribution in [3.8, 4) is 0 Å². The number of nitrogens with zero attached hydrogens (tertiary/aromatic N) is 4. The number of rotatable bonds is 7. The lowest BCUT2D eigenvalue weighted by Crippen LogP contribution is -2.45. The van der Waals surface area contributed by atoms with Gasteiger partial charge >= 0.3 is 0 Å². The number of carbonyl (C=O) groups excluding carboxylic acids is 2. The highest BCUT2D eigenvalue weighted by Crippen LogP contribution is 2.43. The second-order valence-electron chi connectivity index (χ2n) is 10.7. The molecule has 1 aromatic heterocycles. The zero-order valence-corrected chi connectivity index (χ0v) is 21.7. The molecule has 7 nitrogen and oxygen atoms in total. The average molecular weight is 496 g/mol. The van der Waals surface area contributed by atoms with E-state index in [0.717, 1.165) is 55.9 Å². The molecule has 0 spiro atoms. The van der Waals surface area contributed by atoms with E-state index in [1.54, 1.807) is 6.07 Å². The summed E-state index contributed by atoms with van der Waals surface area (Å²) in [6, 6.07) is 7.85. The predicted octanol–water partition coefficient (Wildman–Crippen LogP) is 4.06. The molecule has 36 heavy (non-hydrogen) atoms. The molecule has 1 N–H and O–H groups in total. The molecule has 3 aliphatic rings. The van der Waals surface area contributed by atoms with Crippen molar-refractivity contribution in [3.63, 3.8) is 0 Å². The summed E-state index contributed by atoms with van der Waals surface area (Å²) in [6.45, 7) is 7.84. The third kappa shape index (κ3) is 4.92. The second kappa shape index (κ2) is 10.3. The lowest BCUT2D eigenvalue weighted by atomic mass is 9.94. The third-order valence-corrected chi connectivity index (χ3v) is 8.41. The molecular formula is C28H38FN5O2. The van der Waals surface area contributed by atoms with Crippen LogP contribution in [0.5, 0.6) is 0 Å². The van der Waals surface area contributed by atoms with E-state index in [0.29, 0.717) is 31.1 Å². The van der Waals surface area contributed by atoms with Crippen molar-refractivity contribution in [2.75, 3.05) is 13.1 Å². The Morgan fingerprint density at radius 3 is 2.61 bits per heavy atom. The lowest BCUT2D eigenvalue weighted by molar-refractivity contribution is -0.131. The number of hydrogen-bond acceptors (Lipinski definition) is 4. The summed E-state index contributed by atoms with van der Waals surface area (Å²) >= 11 is 0. The molecule has 2 saturated heterocycles. The van der Waals surface area contributed by atoms with Crippen molar-refractivity contribution in [2.24, 2.45) is 0 Å². The third-order valence-electron chi connectivity index (χ3n) is 8.41. The lowest BCUT2D eigenvalue weighted by Gasteiger charge is -2.41.